The predicted octanol–water partition coefficient (Wildman–Crippen LogP) is 3.17. The minimum Gasteiger partial charge on any atom is -0.494 e. The largest absolute Gasteiger partial charge is 0.494 e. The number of benzene rings is 1. The molecule has 100 valence electrons. The highest BCUT2D eigenvalue weighted by Gasteiger charge is 2.63. The van der Waals surface area contributed by atoms with Gasteiger partial charge in [0.15, 0.2) is 0 Å². The standard InChI is InChI=1S/C12H15F3N2O/c1-2-18-10-6-8(16)5-9(7-10)17-11(3-4-11)12(13,14)15/h5-7,17H,2-4,16H2,1H3. The maximum Gasteiger partial charge on any atom is 0.411 e. The third-order valence-corrected chi connectivity index (χ3v) is 2.92. The van der Waals surface area contributed by atoms with Crippen LogP contribution in [0.3, 0.4) is 0 Å². The first-order chi connectivity index (χ1) is 8.36. The summed E-state index contributed by atoms with van der Waals surface area (Å²) in [5, 5.41) is 2.52. The topological polar surface area (TPSA) is 47.3 Å². The van der Waals surface area contributed by atoms with Crippen LogP contribution in [0.5, 0.6) is 5.75 Å². The molecule has 0 unspecified atom stereocenters. The van der Waals surface area contributed by atoms with Gasteiger partial charge in [0.25, 0.3) is 0 Å². The Bertz CT molecular complexity index is 441. The molecule has 1 aromatic rings. The van der Waals surface area contributed by atoms with Gasteiger partial charge < -0.3 is 15.8 Å². The van der Waals surface area contributed by atoms with Gasteiger partial charge >= 0.3 is 6.18 Å². The second-order valence-corrected chi connectivity index (χ2v) is 4.43. The summed E-state index contributed by atoms with van der Waals surface area (Å²) in [6.45, 7) is 2.24. The SMILES string of the molecule is CCOc1cc(N)cc(NC2(C(F)(F)F)CC2)c1. The number of rotatable bonds is 4. The van der Waals surface area contributed by atoms with E-state index in [1.807, 2.05) is 0 Å². The number of halogens is 3. The minimum absolute atomic E-state index is 0.0925. The lowest BCUT2D eigenvalue weighted by molar-refractivity contribution is -0.151. The maximum atomic E-state index is 12.8. The summed E-state index contributed by atoms with van der Waals surface area (Å²) >= 11 is 0. The zero-order valence-corrected chi connectivity index (χ0v) is 9.97. The van der Waals surface area contributed by atoms with Gasteiger partial charge in [-0.1, -0.05) is 0 Å². The highest BCUT2D eigenvalue weighted by atomic mass is 19.4. The first-order valence-corrected chi connectivity index (χ1v) is 5.74. The fourth-order valence-corrected chi connectivity index (χ4v) is 1.82. The zero-order chi connectivity index (χ0) is 13.4. The Morgan fingerprint density at radius 2 is 2.00 bits per heavy atom. The van der Waals surface area contributed by atoms with E-state index in [1.54, 1.807) is 13.0 Å². The molecule has 1 saturated carbocycles. The molecular formula is C12H15F3N2O. The molecule has 1 aliphatic carbocycles. The van der Waals surface area contributed by atoms with E-state index in [2.05, 4.69) is 5.32 Å². The molecule has 0 atom stereocenters. The molecule has 0 saturated heterocycles. The summed E-state index contributed by atoms with van der Waals surface area (Å²) < 4.78 is 43.7. The molecular weight excluding hydrogens is 245 g/mol. The lowest BCUT2D eigenvalue weighted by Crippen LogP contribution is -2.38. The molecule has 0 spiro atoms. The number of hydrogen-bond acceptors (Lipinski definition) is 3. The molecule has 18 heavy (non-hydrogen) atoms. The average molecular weight is 260 g/mol. The van der Waals surface area contributed by atoms with Crippen molar-refractivity contribution in [2.45, 2.75) is 31.5 Å². The van der Waals surface area contributed by atoms with Crippen molar-refractivity contribution in [1.82, 2.24) is 0 Å². The van der Waals surface area contributed by atoms with Crippen molar-refractivity contribution >= 4 is 11.4 Å². The molecule has 1 fully saturated rings. The van der Waals surface area contributed by atoms with Crippen LogP contribution in [0.1, 0.15) is 19.8 Å². The van der Waals surface area contributed by atoms with E-state index in [0.29, 0.717) is 23.7 Å². The van der Waals surface area contributed by atoms with Gasteiger partial charge in [0.2, 0.25) is 0 Å². The van der Waals surface area contributed by atoms with E-state index >= 15 is 0 Å². The van der Waals surface area contributed by atoms with E-state index in [-0.39, 0.29) is 12.8 Å². The first-order valence-electron chi connectivity index (χ1n) is 5.74. The highest BCUT2D eigenvalue weighted by Crippen LogP contribution is 2.51. The van der Waals surface area contributed by atoms with Gasteiger partial charge in [-0.2, -0.15) is 13.2 Å². The van der Waals surface area contributed by atoms with Crippen molar-refractivity contribution in [3.05, 3.63) is 18.2 Å². The summed E-state index contributed by atoms with van der Waals surface area (Å²) in [7, 11) is 0. The van der Waals surface area contributed by atoms with Crippen LogP contribution >= 0.6 is 0 Å². The molecule has 2 rings (SSSR count). The van der Waals surface area contributed by atoms with E-state index in [0.717, 1.165) is 0 Å². The van der Waals surface area contributed by atoms with Crippen molar-refractivity contribution in [1.29, 1.82) is 0 Å². The van der Waals surface area contributed by atoms with Crippen molar-refractivity contribution in [3.63, 3.8) is 0 Å². The van der Waals surface area contributed by atoms with Crippen LogP contribution in [0, 0.1) is 0 Å². The maximum absolute atomic E-state index is 12.8. The fourth-order valence-electron chi connectivity index (χ4n) is 1.82. The van der Waals surface area contributed by atoms with E-state index < -0.39 is 11.7 Å². The Balaban J connectivity index is 2.19. The molecule has 0 aromatic heterocycles. The number of nitrogens with one attached hydrogen (secondary N) is 1. The number of ether oxygens (including phenoxy) is 1. The van der Waals surface area contributed by atoms with E-state index in [4.69, 9.17) is 10.5 Å². The number of nitrogens with two attached hydrogens (primary N) is 1. The van der Waals surface area contributed by atoms with Gasteiger partial charge in [-0.15, -0.1) is 0 Å². The predicted molar refractivity (Wildman–Crippen MR) is 63.7 cm³/mol. The summed E-state index contributed by atoms with van der Waals surface area (Å²) in [5.74, 6) is 0.470. The Kier molecular flexibility index (Phi) is 3.04. The Morgan fingerprint density at radius 3 is 2.50 bits per heavy atom. The van der Waals surface area contributed by atoms with Crippen LogP contribution in [-0.2, 0) is 0 Å². The summed E-state index contributed by atoms with van der Waals surface area (Å²) in [4.78, 5) is 0. The molecule has 1 aliphatic rings. The number of anilines is 2. The van der Waals surface area contributed by atoms with E-state index in [9.17, 15) is 13.2 Å². The van der Waals surface area contributed by atoms with Crippen LogP contribution in [0.25, 0.3) is 0 Å². The van der Waals surface area contributed by atoms with Crippen LogP contribution in [0.2, 0.25) is 0 Å². The highest BCUT2D eigenvalue weighted by molar-refractivity contribution is 5.61. The summed E-state index contributed by atoms with van der Waals surface area (Å²) in [6.07, 6.45) is -4.06. The van der Waals surface area contributed by atoms with Crippen molar-refractivity contribution in [2.24, 2.45) is 0 Å². The Labute approximate surface area is 103 Å². The normalized spacial score (nSPS) is 17.3. The van der Waals surface area contributed by atoms with Gasteiger partial charge in [-0.05, 0) is 25.8 Å². The first kappa shape index (κ1) is 12.9. The van der Waals surface area contributed by atoms with E-state index in [1.165, 1.54) is 12.1 Å². The molecule has 1 aromatic carbocycles. The third-order valence-electron chi connectivity index (χ3n) is 2.92. The quantitative estimate of drug-likeness (QED) is 0.817. The van der Waals surface area contributed by atoms with Crippen molar-refractivity contribution < 1.29 is 17.9 Å². The molecule has 3 nitrogen and oxygen atoms in total. The molecule has 6 heteroatoms. The number of nitrogen functional groups attached to an aromatic ring is 1. The van der Waals surface area contributed by atoms with Gasteiger partial charge in [0.05, 0.1) is 6.61 Å². The molecule has 0 amide bonds. The molecule has 0 aliphatic heterocycles. The van der Waals surface area contributed by atoms with Gasteiger partial charge in [-0.25, -0.2) is 0 Å². The third kappa shape index (κ3) is 2.47. The van der Waals surface area contributed by atoms with Gasteiger partial charge in [-0.3, -0.25) is 0 Å². The fraction of sp³-hybridized carbons (Fsp3) is 0.500. The second-order valence-electron chi connectivity index (χ2n) is 4.43. The average Bonchev–Trinajstić information content (AvgIpc) is 2.97. The van der Waals surface area contributed by atoms with Crippen LogP contribution in [-0.4, -0.2) is 18.3 Å². The monoisotopic (exact) mass is 260 g/mol. The van der Waals surface area contributed by atoms with Crippen molar-refractivity contribution in [2.75, 3.05) is 17.7 Å². The Morgan fingerprint density at radius 1 is 1.33 bits per heavy atom. The molecule has 0 heterocycles. The van der Waals surface area contributed by atoms with Crippen LogP contribution < -0.4 is 15.8 Å². The van der Waals surface area contributed by atoms with Crippen LogP contribution in [0.4, 0.5) is 24.5 Å². The zero-order valence-electron chi connectivity index (χ0n) is 9.97. The number of alkyl halides is 3. The van der Waals surface area contributed by atoms with Crippen LogP contribution in [0.15, 0.2) is 18.2 Å². The lowest BCUT2D eigenvalue weighted by Gasteiger charge is -2.22. The lowest BCUT2D eigenvalue weighted by atomic mass is 10.2. The van der Waals surface area contributed by atoms with Crippen molar-refractivity contribution in [3.8, 4) is 5.75 Å². The smallest absolute Gasteiger partial charge is 0.411 e. The van der Waals surface area contributed by atoms with Gasteiger partial charge in [0, 0.05) is 23.5 Å². The summed E-state index contributed by atoms with van der Waals surface area (Å²) in [5.41, 5.74) is 4.57. The van der Waals surface area contributed by atoms with Gasteiger partial charge in [0.1, 0.15) is 11.3 Å². The second kappa shape index (κ2) is 4.26. The number of hydrogen-bond donors (Lipinski definition) is 2. The summed E-state index contributed by atoms with van der Waals surface area (Å²) in [6, 6.07) is 4.60. The molecule has 0 radical (unpaired) electrons. The Hall–Kier alpha value is -1.59. The minimum atomic E-state index is -4.25. The molecule has 3 N–H and O–H groups in total. The molecule has 0 bridgehead atoms.